The van der Waals surface area contributed by atoms with Crippen LogP contribution >= 0.6 is 0 Å². The van der Waals surface area contributed by atoms with Crippen molar-refractivity contribution >= 4 is 5.82 Å². The lowest BCUT2D eigenvalue weighted by Gasteiger charge is -2.13. The molecule has 3 nitrogen and oxygen atoms in total. The Morgan fingerprint density at radius 2 is 2.14 bits per heavy atom. The standard InChI is InChI=1S/C11H16N2O/c1-8-6-11(13(2)3)12-7-10(8)14-9-4-5-9/h6-7,9H,4-5H2,1-3H3. The average molecular weight is 192 g/mol. The second-order valence-corrected chi connectivity index (χ2v) is 4.02. The molecule has 0 bridgehead atoms. The van der Waals surface area contributed by atoms with Crippen molar-refractivity contribution < 1.29 is 4.74 Å². The van der Waals surface area contributed by atoms with E-state index in [1.165, 1.54) is 12.8 Å². The summed E-state index contributed by atoms with van der Waals surface area (Å²) in [7, 11) is 3.98. The van der Waals surface area contributed by atoms with Crippen molar-refractivity contribution in [3.8, 4) is 5.75 Å². The van der Waals surface area contributed by atoms with Crippen LogP contribution in [0.25, 0.3) is 0 Å². The number of nitrogens with zero attached hydrogens (tertiary/aromatic N) is 2. The van der Waals surface area contributed by atoms with Gasteiger partial charge in [-0.2, -0.15) is 0 Å². The maximum atomic E-state index is 5.71. The summed E-state index contributed by atoms with van der Waals surface area (Å²) in [6.45, 7) is 2.06. The lowest BCUT2D eigenvalue weighted by atomic mass is 10.2. The molecule has 1 saturated carbocycles. The highest BCUT2D eigenvalue weighted by Gasteiger charge is 2.24. The number of hydrogen-bond acceptors (Lipinski definition) is 3. The molecule has 0 radical (unpaired) electrons. The Balaban J connectivity index is 2.17. The van der Waals surface area contributed by atoms with E-state index < -0.39 is 0 Å². The van der Waals surface area contributed by atoms with E-state index in [1.54, 1.807) is 0 Å². The molecule has 0 atom stereocenters. The molecule has 1 heterocycles. The van der Waals surface area contributed by atoms with Crippen LogP contribution in [0.5, 0.6) is 5.75 Å². The SMILES string of the molecule is Cc1cc(N(C)C)ncc1OC1CC1. The third-order valence-corrected chi connectivity index (χ3v) is 2.32. The topological polar surface area (TPSA) is 25.4 Å². The Hall–Kier alpha value is -1.25. The van der Waals surface area contributed by atoms with Gasteiger partial charge in [0.1, 0.15) is 11.6 Å². The molecule has 1 fully saturated rings. The molecule has 1 aliphatic rings. The highest BCUT2D eigenvalue weighted by molar-refractivity contribution is 5.44. The van der Waals surface area contributed by atoms with Gasteiger partial charge in [0.25, 0.3) is 0 Å². The fraction of sp³-hybridized carbons (Fsp3) is 0.545. The number of rotatable bonds is 3. The third-order valence-electron chi connectivity index (χ3n) is 2.32. The van der Waals surface area contributed by atoms with Crippen molar-refractivity contribution in [3.05, 3.63) is 17.8 Å². The number of hydrogen-bond donors (Lipinski definition) is 0. The molecule has 76 valence electrons. The highest BCUT2D eigenvalue weighted by Crippen LogP contribution is 2.29. The van der Waals surface area contributed by atoms with Crippen LogP contribution in [0.1, 0.15) is 18.4 Å². The molecule has 0 N–H and O–H groups in total. The van der Waals surface area contributed by atoms with Crippen LogP contribution in [0.3, 0.4) is 0 Å². The molecule has 2 rings (SSSR count). The first-order valence-corrected chi connectivity index (χ1v) is 4.97. The molecule has 1 aliphatic carbocycles. The Bertz CT molecular complexity index is 332. The maximum absolute atomic E-state index is 5.71. The Labute approximate surface area is 84.7 Å². The molecule has 0 saturated heterocycles. The zero-order chi connectivity index (χ0) is 10.1. The predicted octanol–water partition coefficient (Wildman–Crippen LogP) is 2.00. The van der Waals surface area contributed by atoms with Crippen molar-refractivity contribution in [2.75, 3.05) is 19.0 Å². The van der Waals surface area contributed by atoms with Gasteiger partial charge in [0.05, 0.1) is 12.3 Å². The molecular weight excluding hydrogens is 176 g/mol. The summed E-state index contributed by atoms with van der Waals surface area (Å²) in [5, 5.41) is 0. The molecular formula is C11H16N2O. The number of aryl methyl sites for hydroxylation is 1. The fourth-order valence-electron chi connectivity index (χ4n) is 1.26. The zero-order valence-corrected chi connectivity index (χ0v) is 8.95. The van der Waals surface area contributed by atoms with E-state index in [-0.39, 0.29) is 0 Å². The van der Waals surface area contributed by atoms with Crippen LogP contribution in [-0.2, 0) is 0 Å². The second-order valence-electron chi connectivity index (χ2n) is 4.02. The van der Waals surface area contributed by atoms with Gasteiger partial charge in [-0.05, 0) is 31.4 Å². The largest absolute Gasteiger partial charge is 0.489 e. The van der Waals surface area contributed by atoms with Crippen LogP contribution in [0.4, 0.5) is 5.82 Å². The summed E-state index contributed by atoms with van der Waals surface area (Å²) in [5.74, 6) is 1.91. The first kappa shape index (κ1) is 9.31. The fourth-order valence-corrected chi connectivity index (χ4v) is 1.26. The summed E-state index contributed by atoms with van der Waals surface area (Å²) in [6, 6.07) is 2.05. The predicted molar refractivity (Wildman–Crippen MR) is 57.0 cm³/mol. The van der Waals surface area contributed by atoms with Gasteiger partial charge in [0.15, 0.2) is 0 Å². The summed E-state index contributed by atoms with van der Waals surface area (Å²) < 4.78 is 5.71. The third kappa shape index (κ3) is 1.97. The maximum Gasteiger partial charge on any atom is 0.141 e. The summed E-state index contributed by atoms with van der Waals surface area (Å²) in [6.07, 6.45) is 4.65. The van der Waals surface area contributed by atoms with Crippen LogP contribution < -0.4 is 9.64 Å². The molecule has 0 aromatic carbocycles. The van der Waals surface area contributed by atoms with Gasteiger partial charge >= 0.3 is 0 Å². The first-order chi connectivity index (χ1) is 6.66. The highest BCUT2D eigenvalue weighted by atomic mass is 16.5. The van der Waals surface area contributed by atoms with Gasteiger partial charge in [-0.1, -0.05) is 0 Å². The molecule has 0 unspecified atom stereocenters. The summed E-state index contributed by atoms with van der Waals surface area (Å²) in [4.78, 5) is 6.31. The van der Waals surface area contributed by atoms with Crippen molar-refractivity contribution in [2.45, 2.75) is 25.9 Å². The van der Waals surface area contributed by atoms with E-state index in [4.69, 9.17) is 4.74 Å². The summed E-state index contributed by atoms with van der Waals surface area (Å²) >= 11 is 0. The molecule has 0 amide bonds. The van der Waals surface area contributed by atoms with Crippen LogP contribution in [-0.4, -0.2) is 25.2 Å². The molecule has 3 heteroatoms. The lowest BCUT2D eigenvalue weighted by Crippen LogP contribution is -2.11. The van der Waals surface area contributed by atoms with E-state index in [0.717, 1.165) is 17.1 Å². The van der Waals surface area contributed by atoms with E-state index in [9.17, 15) is 0 Å². The Kier molecular flexibility index (Phi) is 2.32. The van der Waals surface area contributed by atoms with Crippen molar-refractivity contribution in [1.82, 2.24) is 4.98 Å². The molecule has 1 aromatic rings. The number of pyridine rings is 1. The minimum Gasteiger partial charge on any atom is -0.489 e. The van der Waals surface area contributed by atoms with Crippen LogP contribution in [0, 0.1) is 6.92 Å². The quantitative estimate of drug-likeness (QED) is 0.732. The van der Waals surface area contributed by atoms with Crippen molar-refractivity contribution in [3.63, 3.8) is 0 Å². The van der Waals surface area contributed by atoms with Gasteiger partial charge < -0.3 is 9.64 Å². The van der Waals surface area contributed by atoms with Gasteiger partial charge in [0.2, 0.25) is 0 Å². The molecule has 0 aliphatic heterocycles. The minimum atomic E-state index is 0.445. The molecule has 0 spiro atoms. The van der Waals surface area contributed by atoms with Crippen molar-refractivity contribution in [2.24, 2.45) is 0 Å². The number of anilines is 1. The lowest BCUT2D eigenvalue weighted by molar-refractivity contribution is 0.300. The van der Waals surface area contributed by atoms with E-state index in [2.05, 4.69) is 18.0 Å². The zero-order valence-electron chi connectivity index (χ0n) is 8.95. The smallest absolute Gasteiger partial charge is 0.141 e. The minimum absolute atomic E-state index is 0.445. The molecule has 1 aromatic heterocycles. The summed E-state index contributed by atoms with van der Waals surface area (Å²) in [5.41, 5.74) is 1.16. The van der Waals surface area contributed by atoms with E-state index >= 15 is 0 Å². The first-order valence-electron chi connectivity index (χ1n) is 4.97. The van der Waals surface area contributed by atoms with Gasteiger partial charge in [0, 0.05) is 14.1 Å². The molecule has 14 heavy (non-hydrogen) atoms. The van der Waals surface area contributed by atoms with Crippen molar-refractivity contribution in [1.29, 1.82) is 0 Å². The van der Waals surface area contributed by atoms with Gasteiger partial charge in [-0.15, -0.1) is 0 Å². The monoisotopic (exact) mass is 192 g/mol. The van der Waals surface area contributed by atoms with Gasteiger partial charge in [-0.3, -0.25) is 0 Å². The normalized spacial score (nSPS) is 15.4. The van der Waals surface area contributed by atoms with E-state index in [1.807, 2.05) is 25.2 Å². The number of ether oxygens (including phenoxy) is 1. The van der Waals surface area contributed by atoms with Crippen LogP contribution in [0.15, 0.2) is 12.3 Å². The Morgan fingerprint density at radius 3 is 2.64 bits per heavy atom. The Morgan fingerprint density at radius 1 is 1.43 bits per heavy atom. The average Bonchev–Trinajstić information content (AvgIpc) is 2.92. The van der Waals surface area contributed by atoms with Gasteiger partial charge in [-0.25, -0.2) is 4.98 Å². The number of aromatic nitrogens is 1. The second kappa shape index (κ2) is 3.48. The van der Waals surface area contributed by atoms with Crippen LogP contribution in [0.2, 0.25) is 0 Å². The van der Waals surface area contributed by atoms with E-state index in [0.29, 0.717) is 6.10 Å².